The molecule has 0 aromatic rings. The summed E-state index contributed by atoms with van der Waals surface area (Å²) in [5, 5.41) is 3.26. The van der Waals surface area contributed by atoms with Gasteiger partial charge in [-0.05, 0) is 38.5 Å². The third-order valence-electron chi connectivity index (χ3n) is 5.13. The first-order valence-corrected chi connectivity index (χ1v) is 8.24. The summed E-state index contributed by atoms with van der Waals surface area (Å²) in [5.74, 6) is 0.942. The lowest BCUT2D eigenvalue weighted by Gasteiger charge is -2.30. The Kier molecular flexibility index (Phi) is 5.68. The lowest BCUT2D eigenvalue weighted by molar-refractivity contribution is -0.127. The fourth-order valence-electron chi connectivity index (χ4n) is 3.75. The van der Waals surface area contributed by atoms with E-state index in [1.54, 1.807) is 0 Å². The van der Waals surface area contributed by atoms with Gasteiger partial charge >= 0.3 is 0 Å². The molecule has 2 aliphatic rings. The molecule has 110 valence electrons. The smallest absolute Gasteiger partial charge is 0.224 e. The minimum atomic E-state index is 0.0574. The van der Waals surface area contributed by atoms with Crippen molar-refractivity contribution >= 4 is 5.91 Å². The number of hydrogen-bond donors (Lipinski definition) is 2. The SMILES string of the molecule is C[C@H](NC(=O)C1CCCCC1N)C1CCCCCC1. The predicted octanol–water partition coefficient (Wildman–Crippen LogP) is 2.98. The standard InChI is InChI=1S/C16H30N2O/c1-12(13-8-4-2-3-5-9-13)18-16(19)14-10-6-7-11-15(14)17/h12-15H,2-11,17H2,1H3,(H,18,19)/t12-,14?,15?/m0/s1. The first-order valence-electron chi connectivity index (χ1n) is 8.24. The Morgan fingerprint density at radius 1 is 1.00 bits per heavy atom. The molecule has 1 amide bonds. The van der Waals surface area contributed by atoms with Gasteiger partial charge in [0.15, 0.2) is 0 Å². The maximum absolute atomic E-state index is 12.4. The van der Waals surface area contributed by atoms with E-state index in [9.17, 15) is 4.79 Å². The van der Waals surface area contributed by atoms with Crippen molar-refractivity contribution in [3.05, 3.63) is 0 Å². The number of nitrogens with two attached hydrogens (primary N) is 1. The average Bonchev–Trinajstić information content (AvgIpc) is 2.68. The van der Waals surface area contributed by atoms with Crippen LogP contribution in [0, 0.1) is 11.8 Å². The lowest BCUT2D eigenvalue weighted by Crippen LogP contribution is -2.47. The molecule has 0 spiro atoms. The van der Waals surface area contributed by atoms with Gasteiger partial charge in [0.25, 0.3) is 0 Å². The van der Waals surface area contributed by atoms with Gasteiger partial charge in [0.05, 0.1) is 5.92 Å². The predicted molar refractivity (Wildman–Crippen MR) is 78.7 cm³/mol. The van der Waals surface area contributed by atoms with Crippen molar-refractivity contribution in [2.75, 3.05) is 0 Å². The van der Waals surface area contributed by atoms with Gasteiger partial charge in [0, 0.05) is 12.1 Å². The summed E-state index contributed by atoms with van der Waals surface area (Å²) in [6, 6.07) is 0.398. The highest BCUT2D eigenvalue weighted by Crippen LogP contribution is 2.27. The largest absolute Gasteiger partial charge is 0.353 e. The summed E-state index contributed by atoms with van der Waals surface area (Å²) in [5.41, 5.74) is 6.10. The number of carbonyl (C=O) groups excluding carboxylic acids is 1. The van der Waals surface area contributed by atoms with E-state index in [0.29, 0.717) is 12.0 Å². The molecule has 2 unspecified atom stereocenters. The molecule has 0 heterocycles. The van der Waals surface area contributed by atoms with Crippen molar-refractivity contribution in [3.8, 4) is 0 Å². The third kappa shape index (κ3) is 4.20. The van der Waals surface area contributed by atoms with Gasteiger partial charge in [0.1, 0.15) is 0 Å². The number of amides is 1. The van der Waals surface area contributed by atoms with Crippen LogP contribution < -0.4 is 11.1 Å². The van der Waals surface area contributed by atoms with Crippen molar-refractivity contribution in [2.45, 2.75) is 83.2 Å². The quantitative estimate of drug-likeness (QED) is 0.772. The van der Waals surface area contributed by atoms with E-state index < -0.39 is 0 Å². The molecule has 3 atom stereocenters. The Morgan fingerprint density at radius 3 is 2.21 bits per heavy atom. The molecule has 2 aliphatic carbocycles. The van der Waals surface area contributed by atoms with E-state index in [4.69, 9.17) is 5.73 Å². The second-order valence-electron chi connectivity index (χ2n) is 6.60. The van der Waals surface area contributed by atoms with Gasteiger partial charge in [-0.15, -0.1) is 0 Å². The average molecular weight is 266 g/mol. The van der Waals surface area contributed by atoms with Gasteiger partial charge in [-0.2, -0.15) is 0 Å². The fraction of sp³-hybridized carbons (Fsp3) is 0.938. The van der Waals surface area contributed by atoms with E-state index >= 15 is 0 Å². The summed E-state index contributed by atoms with van der Waals surface area (Å²) in [6.07, 6.45) is 12.3. The maximum Gasteiger partial charge on any atom is 0.224 e. The normalized spacial score (nSPS) is 31.5. The zero-order valence-corrected chi connectivity index (χ0v) is 12.4. The summed E-state index contributed by atoms with van der Waals surface area (Å²) >= 11 is 0. The first-order chi connectivity index (χ1) is 9.18. The molecular formula is C16H30N2O. The molecule has 3 nitrogen and oxygen atoms in total. The molecule has 3 N–H and O–H groups in total. The zero-order valence-electron chi connectivity index (χ0n) is 12.4. The Bertz CT molecular complexity index is 284. The Morgan fingerprint density at radius 2 is 1.58 bits per heavy atom. The minimum absolute atomic E-state index is 0.0574. The van der Waals surface area contributed by atoms with Crippen LogP contribution in [0.3, 0.4) is 0 Å². The molecule has 0 saturated heterocycles. The second-order valence-corrected chi connectivity index (χ2v) is 6.60. The number of carbonyl (C=O) groups is 1. The van der Waals surface area contributed by atoms with Crippen LogP contribution in [0.15, 0.2) is 0 Å². The molecule has 0 radical (unpaired) electrons. The minimum Gasteiger partial charge on any atom is -0.353 e. The fourth-order valence-corrected chi connectivity index (χ4v) is 3.75. The highest BCUT2D eigenvalue weighted by atomic mass is 16.2. The monoisotopic (exact) mass is 266 g/mol. The van der Waals surface area contributed by atoms with Crippen molar-refractivity contribution in [1.29, 1.82) is 0 Å². The van der Waals surface area contributed by atoms with Gasteiger partial charge in [0.2, 0.25) is 5.91 Å². The summed E-state index contributed by atoms with van der Waals surface area (Å²) < 4.78 is 0. The zero-order chi connectivity index (χ0) is 13.7. The number of hydrogen-bond acceptors (Lipinski definition) is 2. The summed E-state index contributed by atoms with van der Waals surface area (Å²) in [6.45, 7) is 2.18. The topological polar surface area (TPSA) is 55.1 Å². The van der Waals surface area contributed by atoms with Crippen LogP contribution in [0.5, 0.6) is 0 Å². The number of nitrogens with one attached hydrogen (secondary N) is 1. The first kappa shape index (κ1) is 14.8. The molecule has 2 saturated carbocycles. The van der Waals surface area contributed by atoms with Crippen LogP contribution in [-0.2, 0) is 4.79 Å². The van der Waals surface area contributed by atoms with Crippen LogP contribution >= 0.6 is 0 Å². The van der Waals surface area contributed by atoms with Crippen LogP contribution in [0.25, 0.3) is 0 Å². The molecule has 0 bridgehead atoms. The lowest BCUT2D eigenvalue weighted by atomic mass is 9.84. The van der Waals surface area contributed by atoms with E-state index in [-0.39, 0.29) is 17.9 Å². The Balaban J connectivity index is 1.83. The van der Waals surface area contributed by atoms with Crippen LogP contribution in [-0.4, -0.2) is 18.0 Å². The van der Waals surface area contributed by atoms with Crippen molar-refractivity contribution in [2.24, 2.45) is 17.6 Å². The van der Waals surface area contributed by atoms with Crippen LogP contribution in [0.2, 0.25) is 0 Å². The molecule has 2 fully saturated rings. The maximum atomic E-state index is 12.4. The van der Waals surface area contributed by atoms with Crippen LogP contribution in [0.4, 0.5) is 0 Å². The van der Waals surface area contributed by atoms with Crippen LogP contribution in [0.1, 0.15) is 71.1 Å². The van der Waals surface area contributed by atoms with Crippen molar-refractivity contribution in [3.63, 3.8) is 0 Å². The molecule has 2 rings (SSSR count). The van der Waals surface area contributed by atoms with E-state index in [2.05, 4.69) is 12.2 Å². The van der Waals surface area contributed by atoms with E-state index in [0.717, 1.165) is 19.3 Å². The molecular weight excluding hydrogens is 236 g/mol. The Labute approximate surface area is 117 Å². The second kappa shape index (κ2) is 7.28. The number of rotatable bonds is 3. The molecule has 3 heteroatoms. The third-order valence-corrected chi connectivity index (χ3v) is 5.13. The van der Waals surface area contributed by atoms with E-state index in [1.165, 1.54) is 44.9 Å². The van der Waals surface area contributed by atoms with Gasteiger partial charge in [-0.25, -0.2) is 0 Å². The Hall–Kier alpha value is -0.570. The molecule has 0 aromatic carbocycles. The highest BCUT2D eigenvalue weighted by molar-refractivity contribution is 5.79. The molecule has 0 aromatic heterocycles. The van der Waals surface area contributed by atoms with Gasteiger partial charge in [-0.3, -0.25) is 4.79 Å². The van der Waals surface area contributed by atoms with Gasteiger partial charge in [-0.1, -0.05) is 38.5 Å². The van der Waals surface area contributed by atoms with E-state index in [1.807, 2.05) is 0 Å². The van der Waals surface area contributed by atoms with Crippen molar-refractivity contribution < 1.29 is 4.79 Å². The molecule has 0 aliphatic heterocycles. The summed E-state index contributed by atoms with van der Waals surface area (Å²) in [7, 11) is 0. The van der Waals surface area contributed by atoms with Crippen molar-refractivity contribution in [1.82, 2.24) is 5.32 Å². The highest BCUT2D eigenvalue weighted by Gasteiger charge is 2.30. The van der Waals surface area contributed by atoms with Gasteiger partial charge < -0.3 is 11.1 Å². The summed E-state index contributed by atoms with van der Waals surface area (Å²) in [4.78, 5) is 12.4. The molecule has 19 heavy (non-hydrogen) atoms.